The van der Waals surface area contributed by atoms with Crippen LogP contribution in [0.25, 0.3) is 0 Å². The standard InChI is InChI=1S/C9H13NO5/c1-2-4-3-5(10-15-4)8-6(11)7(12)9(13)14-8/h3,6-9,11-13H,2H2,1H3/t6-,7+,8+,9?/m0/s1. The Balaban J connectivity index is 2.17. The molecular formula is C9H13NO5. The summed E-state index contributed by atoms with van der Waals surface area (Å²) >= 11 is 0. The van der Waals surface area contributed by atoms with Crippen molar-refractivity contribution in [2.24, 2.45) is 0 Å². The Bertz CT molecular complexity index is 339. The minimum Gasteiger partial charge on any atom is -0.387 e. The maximum atomic E-state index is 9.55. The fourth-order valence-electron chi connectivity index (χ4n) is 1.53. The van der Waals surface area contributed by atoms with Crippen molar-refractivity contribution in [2.75, 3.05) is 0 Å². The summed E-state index contributed by atoms with van der Waals surface area (Å²) in [7, 11) is 0. The summed E-state index contributed by atoms with van der Waals surface area (Å²) in [6.07, 6.45) is -4.03. The molecule has 0 spiro atoms. The Labute approximate surface area is 86.1 Å². The monoisotopic (exact) mass is 215 g/mol. The molecule has 0 radical (unpaired) electrons. The van der Waals surface area contributed by atoms with E-state index in [1.54, 1.807) is 6.07 Å². The zero-order chi connectivity index (χ0) is 11.0. The normalized spacial score (nSPS) is 36.0. The van der Waals surface area contributed by atoms with Gasteiger partial charge in [0.2, 0.25) is 0 Å². The molecule has 4 atom stereocenters. The van der Waals surface area contributed by atoms with Gasteiger partial charge in [0.25, 0.3) is 0 Å². The molecule has 0 aromatic carbocycles. The van der Waals surface area contributed by atoms with Gasteiger partial charge in [-0.25, -0.2) is 0 Å². The second-order valence-corrected chi connectivity index (χ2v) is 3.50. The number of ether oxygens (including phenoxy) is 1. The van der Waals surface area contributed by atoms with Gasteiger partial charge in [-0.15, -0.1) is 0 Å². The average molecular weight is 215 g/mol. The van der Waals surface area contributed by atoms with E-state index >= 15 is 0 Å². The van der Waals surface area contributed by atoms with E-state index in [1.807, 2.05) is 6.92 Å². The number of aliphatic hydroxyl groups is 3. The largest absolute Gasteiger partial charge is 0.387 e. The van der Waals surface area contributed by atoms with E-state index in [4.69, 9.17) is 9.26 Å². The molecule has 6 heteroatoms. The van der Waals surface area contributed by atoms with E-state index in [2.05, 4.69) is 5.16 Å². The number of nitrogens with zero attached hydrogens (tertiary/aromatic N) is 1. The maximum Gasteiger partial charge on any atom is 0.184 e. The van der Waals surface area contributed by atoms with Crippen molar-refractivity contribution in [1.29, 1.82) is 0 Å². The number of hydrogen-bond acceptors (Lipinski definition) is 6. The van der Waals surface area contributed by atoms with Gasteiger partial charge in [-0.2, -0.15) is 0 Å². The molecule has 3 N–H and O–H groups in total. The van der Waals surface area contributed by atoms with Crippen LogP contribution in [-0.4, -0.2) is 39.0 Å². The van der Waals surface area contributed by atoms with Crippen LogP contribution in [0.15, 0.2) is 10.6 Å². The van der Waals surface area contributed by atoms with Crippen LogP contribution < -0.4 is 0 Å². The number of aromatic nitrogens is 1. The molecule has 1 aliphatic rings. The Morgan fingerprint density at radius 2 is 2.07 bits per heavy atom. The number of aliphatic hydroxyl groups excluding tert-OH is 3. The number of aryl methyl sites for hydroxylation is 1. The molecule has 15 heavy (non-hydrogen) atoms. The molecule has 1 fully saturated rings. The lowest BCUT2D eigenvalue weighted by atomic mass is 10.1. The van der Waals surface area contributed by atoms with Crippen LogP contribution in [0.4, 0.5) is 0 Å². The van der Waals surface area contributed by atoms with Gasteiger partial charge in [0.15, 0.2) is 6.29 Å². The van der Waals surface area contributed by atoms with Crippen LogP contribution in [0.5, 0.6) is 0 Å². The molecule has 2 rings (SSSR count). The van der Waals surface area contributed by atoms with E-state index in [-0.39, 0.29) is 0 Å². The first kappa shape index (κ1) is 10.6. The van der Waals surface area contributed by atoms with E-state index in [1.165, 1.54) is 0 Å². The molecule has 1 aromatic heterocycles. The van der Waals surface area contributed by atoms with Crippen molar-refractivity contribution in [3.8, 4) is 0 Å². The summed E-state index contributed by atoms with van der Waals surface area (Å²) in [5.41, 5.74) is 0.384. The summed E-state index contributed by atoms with van der Waals surface area (Å²) in [4.78, 5) is 0. The SMILES string of the molecule is CCc1cc([C@H]2OC(O)[C@H](O)[C@@H]2O)no1. The van der Waals surface area contributed by atoms with Crippen LogP contribution >= 0.6 is 0 Å². The van der Waals surface area contributed by atoms with Gasteiger partial charge >= 0.3 is 0 Å². The van der Waals surface area contributed by atoms with Gasteiger partial charge in [-0.05, 0) is 0 Å². The zero-order valence-electron chi connectivity index (χ0n) is 8.20. The van der Waals surface area contributed by atoms with Crippen molar-refractivity contribution < 1.29 is 24.6 Å². The predicted molar refractivity (Wildman–Crippen MR) is 47.7 cm³/mol. The van der Waals surface area contributed by atoms with E-state index in [0.29, 0.717) is 17.9 Å². The van der Waals surface area contributed by atoms with Crippen LogP contribution in [0, 0.1) is 0 Å². The van der Waals surface area contributed by atoms with Gasteiger partial charge in [0.1, 0.15) is 29.8 Å². The maximum absolute atomic E-state index is 9.55. The quantitative estimate of drug-likeness (QED) is 0.606. The molecule has 1 saturated heterocycles. The van der Waals surface area contributed by atoms with E-state index in [9.17, 15) is 15.3 Å². The Morgan fingerprint density at radius 1 is 1.33 bits per heavy atom. The molecular weight excluding hydrogens is 202 g/mol. The fourth-order valence-corrected chi connectivity index (χ4v) is 1.53. The molecule has 0 saturated carbocycles. The molecule has 84 valence electrons. The lowest BCUT2D eigenvalue weighted by Crippen LogP contribution is -2.30. The second-order valence-electron chi connectivity index (χ2n) is 3.50. The fraction of sp³-hybridized carbons (Fsp3) is 0.667. The summed E-state index contributed by atoms with van der Waals surface area (Å²) < 4.78 is 9.90. The van der Waals surface area contributed by atoms with E-state index < -0.39 is 24.6 Å². The summed E-state index contributed by atoms with van der Waals surface area (Å²) in [6.45, 7) is 1.90. The van der Waals surface area contributed by atoms with Gasteiger partial charge in [-0.3, -0.25) is 0 Å². The van der Waals surface area contributed by atoms with E-state index in [0.717, 1.165) is 0 Å². The highest BCUT2D eigenvalue weighted by Crippen LogP contribution is 2.32. The van der Waals surface area contributed by atoms with Crippen molar-refractivity contribution in [3.63, 3.8) is 0 Å². The topological polar surface area (TPSA) is 96.0 Å². The van der Waals surface area contributed by atoms with Crippen LogP contribution in [-0.2, 0) is 11.2 Å². The van der Waals surface area contributed by atoms with Crippen molar-refractivity contribution >= 4 is 0 Å². The number of rotatable bonds is 2. The van der Waals surface area contributed by atoms with Crippen LogP contribution in [0.3, 0.4) is 0 Å². The molecule has 0 aliphatic carbocycles. The van der Waals surface area contributed by atoms with Gasteiger partial charge in [-0.1, -0.05) is 12.1 Å². The molecule has 6 nitrogen and oxygen atoms in total. The molecule has 2 heterocycles. The number of hydrogen-bond donors (Lipinski definition) is 3. The third kappa shape index (κ3) is 1.76. The molecule has 0 bridgehead atoms. The third-order valence-electron chi connectivity index (χ3n) is 2.46. The van der Waals surface area contributed by atoms with Crippen molar-refractivity contribution in [3.05, 3.63) is 17.5 Å². The minimum atomic E-state index is -1.38. The first-order chi connectivity index (χ1) is 7.13. The van der Waals surface area contributed by atoms with Crippen LogP contribution in [0.1, 0.15) is 24.5 Å². The smallest absolute Gasteiger partial charge is 0.184 e. The Kier molecular flexibility index (Phi) is 2.74. The lowest BCUT2D eigenvalue weighted by Gasteiger charge is -2.10. The zero-order valence-corrected chi connectivity index (χ0v) is 8.20. The van der Waals surface area contributed by atoms with Gasteiger partial charge in [0.05, 0.1) is 0 Å². The average Bonchev–Trinajstić information content (AvgIpc) is 2.79. The molecule has 1 aliphatic heterocycles. The first-order valence-corrected chi connectivity index (χ1v) is 4.78. The summed E-state index contributed by atoms with van der Waals surface area (Å²) in [6, 6.07) is 1.64. The highest BCUT2D eigenvalue weighted by atomic mass is 16.6. The van der Waals surface area contributed by atoms with Crippen molar-refractivity contribution in [2.45, 2.75) is 37.9 Å². The Hall–Kier alpha value is -0.950. The van der Waals surface area contributed by atoms with Crippen LogP contribution in [0.2, 0.25) is 0 Å². The highest BCUT2D eigenvalue weighted by Gasteiger charge is 2.43. The van der Waals surface area contributed by atoms with Gasteiger partial charge < -0.3 is 24.6 Å². The summed E-state index contributed by atoms with van der Waals surface area (Å²) in [5.74, 6) is 0.664. The first-order valence-electron chi connectivity index (χ1n) is 4.78. The summed E-state index contributed by atoms with van der Waals surface area (Å²) in [5, 5.41) is 31.7. The predicted octanol–water partition coefficient (Wildman–Crippen LogP) is -0.651. The third-order valence-corrected chi connectivity index (χ3v) is 2.46. The molecule has 1 unspecified atom stereocenters. The Morgan fingerprint density at radius 3 is 2.53 bits per heavy atom. The lowest BCUT2D eigenvalue weighted by molar-refractivity contribution is -0.128. The molecule has 1 aromatic rings. The second kappa shape index (κ2) is 3.90. The minimum absolute atomic E-state index is 0.384. The molecule has 0 amide bonds. The highest BCUT2D eigenvalue weighted by molar-refractivity contribution is 5.12. The van der Waals surface area contributed by atoms with Gasteiger partial charge in [0, 0.05) is 12.5 Å². The van der Waals surface area contributed by atoms with Crippen molar-refractivity contribution in [1.82, 2.24) is 5.16 Å².